The quantitative estimate of drug-likeness (QED) is 0.496. The maximum absolute atomic E-state index is 14.4. The molecule has 1 aliphatic heterocycles. The molecule has 0 aliphatic carbocycles. The normalized spacial score (nSPS) is 19.9. The number of aromatic nitrogens is 4. The van der Waals surface area contributed by atoms with E-state index in [1.165, 1.54) is 11.8 Å². The first-order chi connectivity index (χ1) is 14.0. The van der Waals surface area contributed by atoms with Gasteiger partial charge in [0, 0.05) is 54.7 Å². The number of fused-ring (bicyclic) bond motifs is 2. The number of anilines is 3. The molecule has 5 rings (SSSR count). The van der Waals surface area contributed by atoms with E-state index in [2.05, 4.69) is 62.8 Å². The van der Waals surface area contributed by atoms with Crippen LogP contribution < -0.4 is 15.5 Å². The smallest absolute Gasteiger partial charge is 0.173 e. The third kappa shape index (κ3) is 3.29. The lowest BCUT2D eigenvalue weighted by Gasteiger charge is -2.37. The first-order valence-electron chi connectivity index (χ1n) is 9.87. The molecule has 1 aliphatic rings. The average Bonchev–Trinajstić information content (AvgIpc) is 3.24. The Balaban J connectivity index is 1.44. The summed E-state index contributed by atoms with van der Waals surface area (Å²) in [5, 5.41) is 15.3. The molecule has 0 radical (unpaired) electrons. The van der Waals surface area contributed by atoms with Crippen molar-refractivity contribution < 1.29 is 4.39 Å². The van der Waals surface area contributed by atoms with E-state index in [0.717, 1.165) is 29.7 Å². The largest absolute Gasteiger partial charge is 0.368 e. The van der Waals surface area contributed by atoms with Crippen molar-refractivity contribution in [3.8, 4) is 0 Å². The summed E-state index contributed by atoms with van der Waals surface area (Å²) < 4.78 is 16.0. The lowest BCUT2D eigenvalue weighted by atomic mass is 10.1. The summed E-state index contributed by atoms with van der Waals surface area (Å²) in [5.74, 6) is 0.302. The Bertz CT molecular complexity index is 1180. The molecule has 1 saturated heterocycles. The van der Waals surface area contributed by atoms with E-state index in [1.807, 2.05) is 13.1 Å². The SMILES string of the molecule is Cc1cn2cc(Nc3n[nH]c4cc(N5CC(C)NC(C)C5)ccc34)cc(F)c2n1. The van der Waals surface area contributed by atoms with Gasteiger partial charge in [0.1, 0.15) is 0 Å². The fourth-order valence-corrected chi connectivity index (χ4v) is 4.22. The summed E-state index contributed by atoms with van der Waals surface area (Å²) in [6.45, 7) is 8.20. The summed E-state index contributed by atoms with van der Waals surface area (Å²) in [6.07, 6.45) is 3.62. The summed E-state index contributed by atoms with van der Waals surface area (Å²) in [6, 6.07) is 8.65. The van der Waals surface area contributed by atoms with Gasteiger partial charge < -0.3 is 19.9 Å². The second kappa shape index (κ2) is 6.73. The van der Waals surface area contributed by atoms with E-state index in [0.29, 0.717) is 29.2 Å². The molecule has 1 fully saturated rings. The van der Waals surface area contributed by atoms with E-state index < -0.39 is 0 Å². The first kappa shape index (κ1) is 17.9. The van der Waals surface area contributed by atoms with Gasteiger partial charge in [-0.25, -0.2) is 9.37 Å². The molecule has 4 aromatic rings. The van der Waals surface area contributed by atoms with Crippen molar-refractivity contribution in [1.29, 1.82) is 0 Å². The number of hydrogen-bond acceptors (Lipinski definition) is 5. The Kier molecular flexibility index (Phi) is 4.16. The Morgan fingerprint density at radius 2 is 1.93 bits per heavy atom. The Labute approximate surface area is 167 Å². The van der Waals surface area contributed by atoms with Crippen LogP contribution in [0.2, 0.25) is 0 Å². The molecule has 150 valence electrons. The third-order valence-corrected chi connectivity index (χ3v) is 5.36. The standard InChI is InChI=1S/C21H24FN7/c1-12-8-28(9-13(2)23-12)16-4-5-17-19(7-16)26-27-20(17)25-15-6-18(22)21-24-14(3)10-29(21)11-15/h4-7,10-13,23H,8-9H2,1-3H3,(H2,25,26,27). The van der Waals surface area contributed by atoms with Gasteiger partial charge in [0.15, 0.2) is 17.3 Å². The van der Waals surface area contributed by atoms with Crippen molar-refractivity contribution in [2.24, 2.45) is 0 Å². The Morgan fingerprint density at radius 3 is 2.72 bits per heavy atom. The van der Waals surface area contributed by atoms with E-state index in [-0.39, 0.29) is 5.82 Å². The molecule has 2 unspecified atom stereocenters. The molecule has 0 spiro atoms. The number of piperazine rings is 1. The molecule has 7 nitrogen and oxygen atoms in total. The number of aromatic amines is 1. The highest BCUT2D eigenvalue weighted by Crippen LogP contribution is 2.29. The minimum absolute atomic E-state index is 0.323. The average molecular weight is 393 g/mol. The van der Waals surface area contributed by atoms with Gasteiger partial charge in [-0.2, -0.15) is 5.10 Å². The summed E-state index contributed by atoms with van der Waals surface area (Å²) in [4.78, 5) is 6.59. The van der Waals surface area contributed by atoms with Crippen LogP contribution in [-0.2, 0) is 0 Å². The minimum Gasteiger partial charge on any atom is -0.368 e. The molecule has 29 heavy (non-hydrogen) atoms. The number of benzene rings is 1. The number of H-pyrrole nitrogens is 1. The second-order valence-electron chi connectivity index (χ2n) is 7.99. The van der Waals surface area contributed by atoms with Gasteiger partial charge in [-0.3, -0.25) is 5.10 Å². The van der Waals surface area contributed by atoms with Crippen LogP contribution in [-0.4, -0.2) is 44.8 Å². The van der Waals surface area contributed by atoms with Crippen molar-refractivity contribution >= 4 is 33.7 Å². The van der Waals surface area contributed by atoms with Gasteiger partial charge >= 0.3 is 0 Å². The van der Waals surface area contributed by atoms with Crippen LogP contribution in [0.4, 0.5) is 21.6 Å². The highest BCUT2D eigenvalue weighted by Gasteiger charge is 2.21. The fraction of sp³-hybridized carbons (Fsp3) is 0.333. The maximum Gasteiger partial charge on any atom is 0.173 e. The second-order valence-corrected chi connectivity index (χ2v) is 7.99. The van der Waals surface area contributed by atoms with Gasteiger partial charge in [0.05, 0.1) is 16.9 Å². The van der Waals surface area contributed by atoms with Crippen molar-refractivity contribution in [3.05, 3.63) is 48.2 Å². The molecule has 0 bridgehead atoms. The van der Waals surface area contributed by atoms with Crippen LogP contribution in [0.1, 0.15) is 19.5 Å². The zero-order valence-electron chi connectivity index (χ0n) is 16.7. The van der Waals surface area contributed by atoms with Crippen LogP contribution in [0.15, 0.2) is 36.7 Å². The van der Waals surface area contributed by atoms with E-state index in [9.17, 15) is 4.39 Å². The zero-order chi connectivity index (χ0) is 20.1. The van der Waals surface area contributed by atoms with E-state index in [4.69, 9.17) is 0 Å². The number of hydrogen-bond donors (Lipinski definition) is 3. The molecule has 2 atom stereocenters. The van der Waals surface area contributed by atoms with Gasteiger partial charge in [0.25, 0.3) is 0 Å². The molecule has 3 N–H and O–H groups in total. The van der Waals surface area contributed by atoms with E-state index in [1.54, 1.807) is 10.6 Å². The highest BCUT2D eigenvalue weighted by atomic mass is 19.1. The number of rotatable bonds is 3. The van der Waals surface area contributed by atoms with Crippen molar-refractivity contribution in [2.75, 3.05) is 23.3 Å². The maximum atomic E-state index is 14.4. The van der Waals surface area contributed by atoms with Crippen LogP contribution in [0.5, 0.6) is 0 Å². The summed E-state index contributed by atoms with van der Waals surface area (Å²) >= 11 is 0. The zero-order valence-corrected chi connectivity index (χ0v) is 16.7. The molecular formula is C21H24FN7. The number of halogens is 1. The molecular weight excluding hydrogens is 369 g/mol. The molecule has 8 heteroatoms. The number of imidazole rings is 1. The van der Waals surface area contributed by atoms with Crippen molar-refractivity contribution in [3.63, 3.8) is 0 Å². The monoisotopic (exact) mass is 393 g/mol. The first-order valence-corrected chi connectivity index (χ1v) is 9.87. The lowest BCUT2D eigenvalue weighted by molar-refractivity contribution is 0.407. The molecule has 0 amide bonds. The lowest BCUT2D eigenvalue weighted by Crippen LogP contribution is -2.54. The van der Waals surface area contributed by atoms with Gasteiger partial charge in [-0.1, -0.05) is 0 Å². The number of nitrogens with one attached hydrogen (secondary N) is 3. The molecule has 3 aromatic heterocycles. The number of nitrogens with zero attached hydrogens (tertiary/aromatic N) is 4. The van der Waals surface area contributed by atoms with Crippen molar-refractivity contribution in [2.45, 2.75) is 32.9 Å². The predicted molar refractivity (Wildman–Crippen MR) is 114 cm³/mol. The summed E-state index contributed by atoms with van der Waals surface area (Å²) in [7, 11) is 0. The van der Waals surface area contributed by atoms with E-state index >= 15 is 0 Å². The van der Waals surface area contributed by atoms with Gasteiger partial charge in [-0.15, -0.1) is 0 Å². The van der Waals surface area contributed by atoms with Crippen LogP contribution in [0.25, 0.3) is 16.6 Å². The fourth-order valence-electron chi connectivity index (χ4n) is 4.22. The Morgan fingerprint density at radius 1 is 1.14 bits per heavy atom. The Hall–Kier alpha value is -3.13. The summed E-state index contributed by atoms with van der Waals surface area (Å²) in [5.41, 5.74) is 3.84. The topological polar surface area (TPSA) is 73.3 Å². The molecule has 0 saturated carbocycles. The number of aryl methyl sites for hydroxylation is 1. The molecule has 1 aromatic carbocycles. The third-order valence-electron chi connectivity index (χ3n) is 5.36. The molecule has 4 heterocycles. The van der Waals surface area contributed by atoms with Crippen LogP contribution in [0, 0.1) is 12.7 Å². The van der Waals surface area contributed by atoms with Gasteiger partial charge in [0.2, 0.25) is 0 Å². The van der Waals surface area contributed by atoms with Crippen LogP contribution in [0.3, 0.4) is 0 Å². The van der Waals surface area contributed by atoms with Crippen molar-refractivity contribution in [1.82, 2.24) is 24.9 Å². The minimum atomic E-state index is -0.368. The number of pyridine rings is 1. The highest BCUT2D eigenvalue weighted by molar-refractivity contribution is 5.93. The van der Waals surface area contributed by atoms with Gasteiger partial charge in [-0.05, 0) is 39.0 Å². The van der Waals surface area contributed by atoms with Crippen LogP contribution >= 0.6 is 0 Å². The predicted octanol–water partition coefficient (Wildman–Crippen LogP) is 3.59.